The van der Waals surface area contributed by atoms with E-state index in [1.807, 2.05) is 0 Å². The summed E-state index contributed by atoms with van der Waals surface area (Å²) < 4.78 is 37.2. The third-order valence-corrected chi connectivity index (χ3v) is 1.92. The monoisotopic (exact) mass is 234 g/mol. The zero-order valence-electron chi connectivity index (χ0n) is 8.30. The molecule has 0 amide bonds. The Hall–Kier alpha value is -1.72. The molecule has 0 saturated heterocycles. The first-order valence-electron chi connectivity index (χ1n) is 4.33. The average Bonchev–Trinajstić information content (AvgIpc) is 2.07. The van der Waals surface area contributed by atoms with Crippen LogP contribution in [-0.4, -0.2) is 16.0 Å². The molecule has 88 valence electrons. The summed E-state index contributed by atoms with van der Waals surface area (Å²) in [6.07, 6.45) is -5.13. The fraction of sp³-hybridized carbons (Fsp3) is 0.300. The van der Waals surface area contributed by atoms with Gasteiger partial charge in [-0.2, -0.15) is 13.2 Å². The molecule has 1 rings (SSSR count). The molecular weight excluding hydrogens is 225 g/mol. The average molecular weight is 234 g/mol. The summed E-state index contributed by atoms with van der Waals surface area (Å²) in [5.41, 5.74) is -1.58. The molecule has 0 atom stereocenters. The molecule has 0 fully saturated rings. The van der Waals surface area contributed by atoms with E-state index >= 15 is 0 Å². The van der Waals surface area contributed by atoms with Crippen molar-refractivity contribution in [1.29, 1.82) is 0 Å². The zero-order valence-corrected chi connectivity index (χ0v) is 8.30. The summed E-state index contributed by atoms with van der Waals surface area (Å²) in [5, 5.41) is 18.4. The highest BCUT2D eigenvalue weighted by Crippen LogP contribution is 2.40. The van der Waals surface area contributed by atoms with E-state index in [1.54, 1.807) is 0 Å². The number of benzene rings is 1. The summed E-state index contributed by atoms with van der Waals surface area (Å²) in [4.78, 5) is 10.8. The molecule has 0 saturated carbocycles. The van der Waals surface area contributed by atoms with E-state index in [0.717, 1.165) is 6.07 Å². The molecule has 16 heavy (non-hydrogen) atoms. The van der Waals surface area contributed by atoms with Gasteiger partial charge in [-0.1, -0.05) is 0 Å². The minimum Gasteiger partial charge on any atom is -0.508 e. The third kappa shape index (κ3) is 2.65. The second-order valence-electron chi connectivity index (χ2n) is 3.38. The van der Waals surface area contributed by atoms with Crippen LogP contribution < -0.4 is 0 Å². The van der Waals surface area contributed by atoms with Gasteiger partial charge in [0.15, 0.2) is 0 Å². The number of hydrogen-bond donors (Lipinski definition) is 2. The second kappa shape index (κ2) is 4.03. The van der Waals surface area contributed by atoms with E-state index in [2.05, 4.69) is 0 Å². The molecule has 3 nitrogen and oxygen atoms in total. The smallest absolute Gasteiger partial charge is 0.420 e. The fourth-order valence-corrected chi connectivity index (χ4v) is 1.30. The van der Waals surface area contributed by atoms with Crippen LogP contribution in [0.4, 0.5) is 13.2 Å². The topological polar surface area (TPSA) is 57.5 Å². The Morgan fingerprint density at radius 3 is 2.31 bits per heavy atom. The predicted molar refractivity (Wildman–Crippen MR) is 49.2 cm³/mol. The zero-order chi connectivity index (χ0) is 12.5. The van der Waals surface area contributed by atoms with Crippen molar-refractivity contribution in [3.05, 3.63) is 23.3 Å². The number of ketones is 1. The summed E-state index contributed by atoms with van der Waals surface area (Å²) >= 11 is 0. The van der Waals surface area contributed by atoms with E-state index in [4.69, 9.17) is 5.11 Å². The van der Waals surface area contributed by atoms with Crippen LogP contribution in [0.1, 0.15) is 18.1 Å². The molecule has 0 heterocycles. The molecule has 0 aliphatic carbocycles. The standard InChI is InChI=1S/C10H9F3O3/c1-5(14)2-6-3-7(15)4-8(9(6)16)10(11,12)13/h3-4,15-16H,2H2,1H3. The largest absolute Gasteiger partial charge is 0.508 e. The van der Waals surface area contributed by atoms with Gasteiger partial charge in [0.25, 0.3) is 0 Å². The lowest BCUT2D eigenvalue weighted by Gasteiger charge is -2.12. The maximum Gasteiger partial charge on any atom is 0.420 e. The van der Waals surface area contributed by atoms with Crippen LogP contribution in [0.3, 0.4) is 0 Å². The Morgan fingerprint density at radius 1 is 1.31 bits per heavy atom. The summed E-state index contributed by atoms with van der Waals surface area (Å²) in [5.74, 6) is -2.06. The number of Topliss-reactive ketones (excluding diaryl/α,β-unsaturated/α-hetero) is 1. The lowest BCUT2D eigenvalue weighted by Crippen LogP contribution is -2.07. The van der Waals surface area contributed by atoms with Gasteiger partial charge in [-0.25, -0.2) is 0 Å². The number of halogens is 3. The first-order valence-corrected chi connectivity index (χ1v) is 4.33. The van der Waals surface area contributed by atoms with E-state index in [9.17, 15) is 23.1 Å². The lowest BCUT2D eigenvalue weighted by atomic mass is 10.0. The van der Waals surface area contributed by atoms with Crippen LogP contribution in [0.5, 0.6) is 11.5 Å². The molecule has 1 aromatic carbocycles. The molecule has 6 heteroatoms. The maximum absolute atomic E-state index is 12.4. The van der Waals surface area contributed by atoms with Crippen molar-refractivity contribution < 1.29 is 28.2 Å². The Kier molecular flexibility index (Phi) is 3.11. The number of aromatic hydroxyl groups is 2. The first kappa shape index (κ1) is 12.4. The van der Waals surface area contributed by atoms with Crippen LogP contribution in [-0.2, 0) is 17.4 Å². The summed E-state index contributed by atoms with van der Waals surface area (Å²) in [7, 11) is 0. The molecule has 0 aliphatic rings. The van der Waals surface area contributed by atoms with Crippen molar-refractivity contribution in [3.63, 3.8) is 0 Å². The quantitative estimate of drug-likeness (QED) is 0.771. The highest BCUT2D eigenvalue weighted by atomic mass is 19.4. The maximum atomic E-state index is 12.4. The molecule has 0 spiro atoms. The Balaban J connectivity index is 3.32. The van der Waals surface area contributed by atoms with Crippen molar-refractivity contribution >= 4 is 5.78 Å². The van der Waals surface area contributed by atoms with Crippen molar-refractivity contribution in [1.82, 2.24) is 0 Å². The predicted octanol–water partition coefficient (Wildman–Crippen LogP) is 2.25. The number of phenolic OH excluding ortho intramolecular Hbond substituents is 2. The number of carbonyl (C=O) groups excluding carboxylic acids is 1. The third-order valence-electron chi connectivity index (χ3n) is 1.92. The van der Waals surface area contributed by atoms with Crippen molar-refractivity contribution in [2.75, 3.05) is 0 Å². The number of hydrogen-bond acceptors (Lipinski definition) is 3. The van der Waals surface area contributed by atoms with Gasteiger partial charge in [-0.15, -0.1) is 0 Å². The minimum absolute atomic E-state index is 0.236. The van der Waals surface area contributed by atoms with E-state index in [-0.39, 0.29) is 12.0 Å². The van der Waals surface area contributed by atoms with Crippen LogP contribution in [0.25, 0.3) is 0 Å². The SMILES string of the molecule is CC(=O)Cc1cc(O)cc(C(F)(F)F)c1O. The van der Waals surface area contributed by atoms with E-state index in [0.29, 0.717) is 6.07 Å². The van der Waals surface area contributed by atoms with Crippen LogP contribution in [0, 0.1) is 0 Å². The molecule has 0 bridgehead atoms. The van der Waals surface area contributed by atoms with Crippen molar-refractivity contribution in [2.24, 2.45) is 0 Å². The Bertz CT molecular complexity index is 424. The normalized spacial score (nSPS) is 11.5. The molecule has 0 aromatic heterocycles. The van der Waals surface area contributed by atoms with Gasteiger partial charge < -0.3 is 10.2 Å². The molecule has 2 N–H and O–H groups in total. The van der Waals surface area contributed by atoms with Gasteiger partial charge in [-0.05, 0) is 19.1 Å². The Labute approximate surface area is 89.1 Å². The number of carbonyl (C=O) groups is 1. The number of rotatable bonds is 2. The number of phenols is 2. The van der Waals surface area contributed by atoms with Crippen LogP contribution >= 0.6 is 0 Å². The molecular formula is C10H9F3O3. The van der Waals surface area contributed by atoms with Crippen LogP contribution in [0.15, 0.2) is 12.1 Å². The lowest BCUT2D eigenvalue weighted by molar-refractivity contribution is -0.139. The highest BCUT2D eigenvalue weighted by molar-refractivity contribution is 5.79. The van der Waals surface area contributed by atoms with Crippen LogP contribution in [0.2, 0.25) is 0 Å². The molecule has 0 radical (unpaired) electrons. The molecule has 1 aromatic rings. The van der Waals surface area contributed by atoms with Crippen molar-refractivity contribution in [3.8, 4) is 11.5 Å². The number of alkyl halides is 3. The van der Waals surface area contributed by atoms with Crippen molar-refractivity contribution in [2.45, 2.75) is 19.5 Å². The highest BCUT2D eigenvalue weighted by Gasteiger charge is 2.35. The molecule has 0 aliphatic heterocycles. The van der Waals surface area contributed by atoms with Gasteiger partial charge >= 0.3 is 6.18 Å². The van der Waals surface area contributed by atoms with Gasteiger partial charge in [0, 0.05) is 12.0 Å². The van der Waals surface area contributed by atoms with Gasteiger partial charge in [0.1, 0.15) is 22.8 Å². The second-order valence-corrected chi connectivity index (χ2v) is 3.38. The van der Waals surface area contributed by atoms with Gasteiger partial charge in [0.05, 0.1) is 0 Å². The molecule has 0 unspecified atom stereocenters. The summed E-state index contributed by atoms with van der Waals surface area (Å²) in [6, 6.07) is 1.35. The Morgan fingerprint density at radius 2 is 1.88 bits per heavy atom. The minimum atomic E-state index is -4.77. The fourth-order valence-electron chi connectivity index (χ4n) is 1.30. The van der Waals surface area contributed by atoms with Gasteiger partial charge in [0.2, 0.25) is 0 Å². The van der Waals surface area contributed by atoms with Gasteiger partial charge in [-0.3, -0.25) is 4.79 Å². The van der Waals surface area contributed by atoms with E-state index in [1.165, 1.54) is 6.92 Å². The summed E-state index contributed by atoms with van der Waals surface area (Å²) in [6.45, 7) is 1.18. The first-order chi connectivity index (χ1) is 7.21. The van der Waals surface area contributed by atoms with E-state index < -0.39 is 29.0 Å².